The van der Waals surface area contributed by atoms with Gasteiger partial charge in [-0.1, -0.05) is 5.21 Å². The Morgan fingerprint density at radius 1 is 1.30 bits per heavy atom. The normalized spacial score (nSPS) is 14.9. The van der Waals surface area contributed by atoms with Crippen LogP contribution in [0.4, 0.5) is 0 Å². The molecule has 1 saturated heterocycles. The summed E-state index contributed by atoms with van der Waals surface area (Å²) in [6.07, 6.45) is 0. The Bertz CT molecular complexity index is 847. The first-order valence-corrected chi connectivity index (χ1v) is 8.43. The lowest BCUT2D eigenvalue weighted by atomic mass is 9.99. The van der Waals surface area contributed by atoms with Crippen LogP contribution < -0.4 is 0 Å². The molecule has 1 aliphatic heterocycles. The molecular weight excluding hydrogens is 338 g/mol. The number of carbonyl (C=O) groups is 2. The Morgan fingerprint density at radius 2 is 2.04 bits per heavy atom. The molecule has 1 aliphatic rings. The Kier molecular flexibility index (Phi) is 3.34. The maximum Gasteiger partial charge on any atom is 0.348 e. The summed E-state index contributed by atoms with van der Waals surface area (Å²) in [5.41, 5.74) is 0. The van der Waals surface area contributed by atoms with Gasteiger partial charge in [0.2, 0.25) is 0 Å². The number of esters is 1. The van der Waals surface area contributed by atoms with Gasteiger partial charge in [-0.2, -0.15) is 5.21 Å². The number of carbonyl (C=O) groups excluding carboxylic acids is 2. The topological polar surface area (TPSA) is 101 Å². The van der Waals surface area contributed by atoms with E-state index in [1.54, 1.807) is 11.0 Å². The third-order valence-corrected chi connectivity index (χ3v) is 6.07. The molecule has 4 rings (SSSR count). The number of hydrogen-bond donors (Lipinski definition) is 1. The summed E-state index contributed by atoms with van der Waals surface area (Å²) >= 11 is 2.75. The van der Waals surface area contributed by atoms with E-state index in [-0.39, 0.29) is 17.8 Å². The average Bonchev–Trinajstić information content (AvgIpc) is 3.19. The zero-order chi connectivity index (χ0) is 16.0. The fourth-order valence-electron chi connectivity index (χ4n) is 2.45. The van der Waals surface area contributed by atoms with Gasteiger partial charge in [0.15, 0.2) is 5.82 Å². The fourth-order valence-corrected chi connectivity index (χ4v) is 4.78. The van der Waals surface area contributed by atoms with Crippen molar-refractivity contribution in [1.82, 2.24) is 25.5 Å². The third-order valence-electron chi connectivity index (χ3n) is 3.71. The molecule has 1 fully saturated rings. The van der Waals surface area contributed by atoms with Gasteiger partial charge in [0.05, 0.1) is 21.9 Å². The number of aromatic amines is 1. The monoisotopic (exact) mass is 349 g/mol. The van der Waals surface area contributed by atoms with Gasteiger partial charge in [-0.25, -0.2) is 4.79 Å². The molecular formula is C13H11N5O3S2. The quantitative estimate of drug-likeness (QED) is 0.719. The van der Waals surface area contributed by atoms with Crippen molar-refractivity contribution in [3.63, 3.8) is 0 Å². The van der Waals surface area contributed by atoms with Gasteiger partial charge < -0.3 is 9.64 Å². The molecule has 1 N–H and O–H groups in total. The number of nitrogens with one attached hydrogen (secondary N) is 1. The Balaban J connectivity index is 1.48. The molecule has 0 atom stereocenters. The van der Waals surface area contributed by atoms with E-state index in [0.717, 1.165) is 9.40 Å². The van der Waals surface area contributed by atoms with Crippen molar-refractivity contribution in [2.45, 2.75) is 5.92 Å². The van der Waals surface area contributed by atoms with Crippen LogP contribution in [0.5, 0.6) is 0 Å². The maximum absolute atomic E-state index is 12.5. The summed E-state index contributed by atoms with van der Waals surface area (Å²) in [7, 11) is 1.36. The number of nitrogens with zero attached hydrogens (tertiary/aromatic N) is 4. The number of aromatic nitrogens is 4. The molecule has 8 nitrogen and oxygen atoms in total. The van der Waals surface area contributed by atoms with Crippen molar-refractivity contribution >= 4 is 43.9 Å². The van der Waals surface area contributed by atoms with E-state index < -0.39 is 0 Å². The summed E-state index contributed by atoms with van der Waals surface area (Å²) in [6, 6.07) is 3.59. The number of H-pyrrole nitrogens is 1. The number of rotatable bonds is 3. The predicted molar refractivity (Wildman–Crippen MR) is 83.9 cm³/mol. The van der Waals surface area contributed by atoms with E-state index in [1.807, 2.05) is 6.07 Å². The highest BCUT2D eigenvalue weighted by Gasteiger charge is 2.35. The molecule has 4 heterocycles. The predicted octanol–water partition coefficient (Wildman–Crippen LogP) is 1.50. The molecule has 10 heteroatoms. The van der Waals surface area contributed by atoms with Gasteiger partial charge in [-0.15, -0.1) is 32.9 Å². The minimum atomic E-state index is -0.350. The van der Waals surface area contributed by atoms with Crippen LogP contribution in [0, 0.1) is 0 Å². The average molecular weight is 349 g/mol. The number of tetrazole rings is 1. The van der Waals surface area contributed by atoms with Gasteiger partial charge in [0.25, 0.3) is 5.91 Å². The Labute approximate surface area is 138 Å². The largest absolute Gasteiger partial charge is 0.465 e. The van der Waals surface area contributed by atoms with Crippen molar-refractivity contribution in [1.29, 1.82) is 0 Å². The standard InChI is InChI=1S/C13H11N5O3S2/c1-21-12(20)9-3-6-2-8(22-13(6)23-9)11(19)18-4-7(5-18)10-14-16-17-15-10/h2-3,7H,4-5H2,1H3,(H,14,15,16,17). The molecule has 118 valence electrons. The molecule has 0 bridgehead atoms. The van der Waals surface area contributed by atoms with Crippen molar-refractivity contribution < 1.29 is 14.3 Å². The molecule has 1 amide bonds. The number of amides is 1. The van der Waals surface area contributed by atoms with Gasteiger partial charge in [-0.3, -0.25) is 4.79 Å². The highest BCUT2D eigenvalue weighted by atomic mass is 32.2. The van der Waals surface area contributed by atoms with E-state index in [9.17, 15) is 9.59 Å². The zero-order valence-corrected chi connectivity index (χ0v) is 13.6. The summed E-state index contributed by atoms with van der Waals surface area (Å²) in [5, 5.41) is 14.7. The molecule has 0 spiro atoms. The highest BCUT2D eigenvalue weighted by Crippen LogP contribution is 2.35. The Hall–Kier alpha value is -2.33. The van der Waals surface area contributed by atoms with Crippen LogP contribution in [-0.4, -0.2) is 57.6 Å². The summed E-state index contributed by atoms with van der Waals surface area (Å²) < 4.78 is 5.65. The zero-order valence-electron chi connectivity index (χ0n) is 12.0. The van der Waals surface area contributed by atoms with E-state index in [4.69, 9.17) is 4.74 Å². The Morgan fingerprint density at radius 3 is 2.70 bits per heavy atom. The lowest BCUT2D eigenvalue weighted by Gasteiger charge is -2.37. The number of thiophene rings is 2. The maximum atomic E-state index is 12.5. The lowest BCUT2D eigenvalue weighted by Crippen LogP contribution is -2.48. The van der Waals surface area contributed by atoms with Crippen LogP contribution in [0.15, 0.2) is 12.1 Å². The van der Waals surface area contributed by atoms with Crippen LogP contribution in [0.2, 0.25) is 0 Å². The van der Waals surface area contributed by atoms with E-state index in [1.165, 1.54) is 29.8 Å². The first kappa shape index (κ1) is 14.3. The van der Waals surface area contributed by atoms with Crippen LogP contribution in [0.1, 0.15) is 31.1 Å². The molecule has 0 aliphatic carbocycles. The van der Waals surface area contributed by atoms with E-state index >= 15 is 0 Å². The molecule has 0 aromatic carbocycles. The van der Waals surface area contributed by atoms with Gasteiger partial charge in [-0.05, 0) is 12.1 Å². The second kappa shape index (κ2) is 5.39. The SMILES string of the molecule is COC(=O)c1cc2cc(C(=O)N3CC(c4nn[nH]n4)C3)sc2s1. The molecule has 3 aromatic rings. The van der Waals surface area contributed by atoms with E-state index in [0.29, 0.717) is 28.7 Å². The van der Waals surface area contributed by atoms with E-state index in [2.05, 4.69) is 20.6 Å². The summed E-state index contributed by atoms with van der Waals surface area (Å²) in [4.78, 5) is 27.0. The van der Waals surface area contributed by atoms with Crippen molar-refractivity contribution in [3.05, 3.63) is 27.7 Å². The minimum absolute atomic E-state index is 0.00207. The molecule has 3 aromatic heterocycles. The first-order valence-electron chi connectivity index (χ1n) is 6.80. The van der Waals surface area contributed by atoms with Crippen LogP contribution >= 0.6 is 22.7 Å². The molecule has 0 unspecified atom stereocenters. The minimum Gasteiger partial charge on any atom is -0.465 e. The smallest absolute Gasteiger partial charge is 0.348 e. The fraction of sp³-hybridized carbons (Fsp3) is 0.308. The van der Waals surface area contributed by atoms with Crippen molar-refractivity contribution in [2.75, 3.05) is 20.2 Å². The molecule has 0 radical (unpaired) electrons. The van der Waals surface area contributed by atoms with Crippen molar-refractivity contribution in [2.24, 2.45) is 0 Å². The van der Waals surface area contributed by atoms with Crippen LogP contribution in [-0.2, 0) is 4.74 Å². The number of methoxy groups -OCH3 is 1. The van der Waals surface area contributed by atoms with Crippen molar-refractivity contribution in [3.8, 4) is 0 Å². The third kappa shape index (κ3) is 2.39. The summed E-state index contributed by atoms with van der Waals surface area (Å²) in [6.45, 7) is 1.19. The van der Waals surface area contributed by atoms with Crippen LogP contribution in [0.25, 0.3) is 9.40 Å². The van der Waals surface area contributed by atoms with Gasteiger partial charge in [0.1, 0.15) is 4.88 Å². The number of fused-ring (bicyclic) bond motifs is 1. The highest BCUT2D eigenvalue weighted by molar-refractivity contribution is 7.39. The number of ether oxygens (including phenoxy) is 1. The first-order chi connectivity index (χ1) is 11.2. The molecule has 23 heavy (non-hydrogen) atoms. The van der Waals surface area contributed by atoms with Gasteiger partial charge >= 0.3 is 5.97 Å². The van der Waals surface area contributed by atoms with Crippen LogP contribution in [0.3, 0.4) is 0 Å². The second-order valence-electron chi connectivity index (χ2n) is 5.13. The summed E-state index contributed by atoms with van der Waals surface area (Å²) in [5.74, 6) is 0.434. The second-order valence-corrected chi connectivity index (χ2v) is 7.50. The molecule has 0 saturated carbocycles. The number of likely N-dealkylation sites (tertiary alicyclic amines) is 1. The lowest BCUT2D eigenvalue weighted by molar-refractivity contribution is 0.0595. The van der Waals surface area contributed by atoms with Gasteiger partial charge in [0, 0.05) is 18.5 Å². The number of hydrogen-bond acceptors (Lipinski definition) is 8.